The molecule has 1 atom stereocenters. The molecule has 0 aromatic carbocycles. The number of thioether (sulfide) groups is 1. The Morgan fingerprint density at radius 1 is 1.07 bits per heavy atom. The Kier molecular flexibility index (Phi) is 19.1. The van der Waals surface area contributed by atoms with Gasteiger partial charge in [-0.25, -0.2) is 0 Å². The summed E-state index contributed by atoms with van der Waals surface area (Å²) in [6.07, 6.45) is 2.10. The summed E-state index contributed by atoms with van der Waals surface area (Å²) in [5.74, 6) is 6.13. The Morgan fingerprint density at radius 3 is 2.41 bits per heavy atom. The fraction of sp³-hybridized carbons (Fsp3) is 0.810. The van der Waals surface area contributed by atoms with E-state index in [1.165, 1.54) is 0 Å². The minimum Gasteiger partial charge on any atom is -0.379 e. The van der Waals surface area contributed by atoms with E-state index in [9.17, 15) is 4.79 Å². The first-order valence-corrected chi connectivity index (χ1v) is 11.1. The van der Waals surface area contributed by atoms with E-state index in [2.05, 4.69) is 41.7 Å². The summed E-state index contributed by atoms with van der Waals surface area (Å²) in [4.78, 5) is 11.6. The van der Waals surface area contributed by atoms with Crippen molar-refractivity contribution in [2.24, 2.45) is 5.92 Å². The van der Waals surface area contributed by atoms with Gasteiger partial charge in [0.05, 0.1) is 39.6 Å². The first-order chi connectivity index (χ1) is 14.0. The second kappa shape index (κ2) is 20.0. The van der Waals surface area contributed by atoms with E-state index in [1.54, 1.807) is 0 Å². The van der Waals surface area contributed by atoms with Gasteiger partial charge in [-0.1, -0.05) is 39.5 Å². The van der Waals surface area contributed by atoms with Gasteiger partial charge < -0.3 is 24.8 Å². The molecule has 0 saturated carbocycles. The lowest BCUT2D eigenvalue weighted by molar-refractivity contribution is -0.122. The number of hydrogen-bond donors (Lipinski definition) is 2. The zero-order valence-electron chi connectivity index (χ0n) is 18.3. The lowest BCUT2D eigenvalue weighted by Gasteiger charge is -2.15. The molecule has 0 fully saturated rings. The zero-order chi connectivity index (χ0) is 21.7. The number of amides is 1. The summed E-state index contributed by atoms with van der Waals surface area (Å²) in [7, 11) is 0. The molecule has 8 heteroatoms. The molecule has 166 valence electrons. The van der Waals surface area contributed by atoms with Crippen LogP contribution in [0.1, 0.15) is 47.0 Å². The van der Waals surface area contributed by atoms with Crippen LogP contribution < -0.4 is 10.6 Å². The number of hydrogen-bond acceptors (Lipinski definition) is 7. The van der Waals surface area contributed by atoms with E-state index < -0.39 is 0 Å². The maximum atomic E-state index is 11.6. The number of nitriles is 1. The Balaban J connectivity index is 3.55. The largest absolute Gasteiger partial charge is 0.379 e. The topological polar surface area (TPSA) is 92.6 Å². The van der Waals surface area contributed by atoms with Crippen LogP contribution in [0.3, 0.4) is 0 Å². The van der Waals surface area contributed by atoms with Gasteiger partial charge in [-0.2, -0.15) is 5.26 Å². The lowest BCUT2D eigenvalue weighted by Crippen LogP contribution is -2.25. The zero-order valence-corrected chi connectivity index (χ0v) is 19.1. The monoisotopic (exact) mass is 427 g/mol. The molecule has 0 unspecified atom stereocenters. The third kappa shape index (κ3) is 21.2. The Labute approximate surface area is 180 Å². The molecule has 1 amide bonds. The van der Waals surface area contributed by atoms with E-state index in [-0.39, 0.29) is 11.3 Å². The number of nitrogens with zero attached hydrogens (tertiary/aromatic N) is 1. The molecular formula is C21H37N3O4S. The van der Waals surface area contributed by atoms with Gasteiger partial charge in [0.15, 0.2) is 0 Å². The molecule has 0 aromatic rings. The van der Waals surface area contributed by atoms with E-state index in [4.69, 9.17) is 19.5 Å². The van der Waals surface area contributed by atoms with Crippen molar-refractivity contribution in [3.8, 4) is 17.2 Å². The van der Waals surface area contributed by atoms with E-state index >= 15 is 0 Å². The van der Waals surface area contributed by atoms with Gasteiger partial charge in [0.25, 0.3) is 0 Å². The van der Waals surface area contributed by atoms with Crippen LogP contribution in [0, 0.1) is 28.4 Å². The molecule has 0 spiro atoms. The van der Waals surface area contributed by atoms with Gasteiger partial charge in [-0.15, -0.1) is 0 Å². The lowest BCUT2D eigenvalue weighted by atomic mass is 10.2. The molecule has 2 N–H and O–H groups in total. The molecular weight excluding hydrogens is 390 g/mol. The van der Waals surface area contributed by atoms with Crippen molar-refractivity contribution in [3.63, 3.8) is 0 Å². The Hall–Kier alpha value is -1.29. The molecule has 7 nitrogen and oxygen atoms in total. The number of thiocyanates is 1. The minimum absolute atomic E-state index is 0.0676. The van der Waals surface area contributed by atoms with E-state index in [0.29, 0.717) is 58.0 Å². The fourth-order valence-electron chi connectivity index (χ4n) is 2.11. The summed E-state index contributed by atoms with van der Waals surface area (Å²) in [6.45, 7) is 11.6. The van der Waals surface area contributed by atoms with Crippen molar-refractivity contribution in [2.45, 2.75) is 58.4 Å². The highest BCUT2D eigenvalue weighted by Crippen LogP contribution is 2.16. The van der Waals surface area contributed by atoms with Crippen molar-refractivity contribution in [3.05, 3.63) is 0 Å². The predicted octanol–water partition coefficient (Wildman–Crippen LogP) is 2.52. The molecule has 0 aliphatic heterocycles. The van der Waals surface area contributed by atoms with Gasteiger partial charge >= 0.3 is 0 Å². The first kappa shape index (κ1) is 27.7. The van der Waals surface area contributed by atoms with Crippen molar-refractivity contribution < 1.29 is 19.0 Å². The smallest absolute Gasteiger partial charge is 0.223 e. The molecule has 0 heterocycles. The standard InChI is InChI=1S/C21H37N3O4S/c1-18(2)7-5-11-24-20(25)9-12-26-13-14-27-15-16-28-21(29-17-22)8-6-10-23-19(3)4/h18-19,21,23H,6,8-16H2,1-4H3,(H,24,25)/t21-/m1/s1. The van der Waals surface area contributed by atoms with Crippen LogP contribution >= 0.6 is 11.8 Å². The van der Waals surface area contributed by atoms with E-state index in [0.717, 1.165) is 31.1 Å². The summed E-state index contributed by atoms with van der Waals surface area (Å²) in [5.41, 5.74) is -0.127. The normalized spacial score (nSPS) is 11.8. The molecule has 0 aliphatic carbocycles. The van der Waals surface area contributed by atoms with Gasteiger partial charge in [0, 0.05) is 18.4 Å². The third-order valence-corrected chi connectivity index (χ3v) is 4.23. The number of carbonyl (C=O) groups excluding carboxylic acids is 1. The van der Waals surface area contributed by atoms with Crippen molar-refractivity contribution >= 4 is 17.7 Å². The molecule has 29 heavy (non-hydrogen) atoms. The summed E-state index contributed by atoms with van der Waals surface area (Å²) < 4.78 is 16.5. The van der Waals surface area contributed by atoms with Crippen molar-refractivity contribution in [1.29, 1.82) is 5.26 Å². The van der Waals surface area contributed by atoms with Crippen LogP contribution in [0.4, 0.5) is 0 Å². The number of ether oxygens (including phenoxy) is 3. The van der Waals surface area contributed by atoms with Crippen LogP contribution in [0.5, 0.6) is 0 Å². The first-order valence-electron chi connectivity index (χ1n) is 10.3. The highest BCUT2D eigenvalue weighted by Gasteiger charge is 2.09. The minimum atomic E-state index is -0.127. The molecule has 0 aliphatic rings. The molecule has 0 saturated heterocycles. The van der Waals surface area contributed by atoms with Crippen LogP contribution in [-0.2, 0) is 19.0 Å². The number of nitrogens with one attached hydrogen (secondary N) is 2. The highest BCUT2D eigenvalue weighted by molar-refractivity contribution is 8.04. The molecule has 0 rings (SSSR count). The Morgan fingerprint density at radius 2 is 1.76 bits per heavy atom. The van der Waals surface area contributed by atoms with E-state index in [1.807, 2.05) is 13.8 Å². The fourth-order valence-corrected chi connectivity index (χ4v) is 2.67. The van der Waals surface area contributed by atoms with Gasteiger partial charge in [0.1, 0.15) is 10.8 Å². The van der Waals surface area contributed by atoms with Crippen LogP contribution in [0.15, 0.2) is 0 Å². The number of rotatable bonds is 17. The van der Waals surface area contributed by atoms with Crippen LogP contribution in [0.2, 0.25) is 0 Å². The maximum absolute atomic E-state index is 11.6. The molecule has 0 radical (unpaired) electrons. The summed E-state index contributed by atoms with van der Waals surface area (Å²) >= 11 is 1.15. The van der Waals surface area contributed by atoms with Gasteiger partial charge in [-0.05, 0) is 31.1 Å². The quantitative estimate of drug-likeness (QED) is 0.159. The Bertz CT molecular complexity index is 512. The average molecular weight is 428 g/mol. The second-order valence-corrected chi connectivity index (χ2v) is 7.93. The molecule has 0 bridgehead atoms. The molecule has 0 aromatic heterocycles. The van der Waals surface area contributed by atoms with Crippen LogP contribution in [0.25, 0.3) is 0 Å². The van der Waals surface area contributed by atoms with Gasteiger partial charge in [-0.3, -0.25) is 4.79 Å². The summed E-state index contributed by atoms with van der Waals surface area (Å²) in [6, 6.07) is 0.465. The van der Waals surface area contributed by atoms with Gasteiger partial charge in [0.2, 0.25) is 5.91 Å². The highest BCUT2D eigenvalue weighted by atomic mass is 32.2. The van der Waals surface area contributed by atoms with Crippen molar-refractivity contribution in [1.82, 2.24) is 10.6 Å². The van der Waals surface area contributed by atoms with Crippen LogP contribution in [-0.4, -0.2) is 63.5 Å². The predicted molar refractivity (Wildman–Crippen MR) is 117 cm³/mol. The second-order valence-electron chi connectivity index (χ2n) is 6.99. The van der Waals surface area contributed by atoms with Crippen molar-refractivity contribution in [2.75, 3.05) is 46.1 Å². The third-order valence-electron chi connectivity index (χ3n) is 3.49. The maximum Gasteiger partial charge on any atom is 0.223 e. The summed E-state index contributed by atoms with van der Waals surface area (Å²) in [5, 5.41) is 17.0. The SMILES string of the molecule is CC(C)C#CCNC(=O)CCOCCOCCO[C@@H](CCCNC(C)C)SC#N. The average Bonchev–Trinajstić information content (AvgIpc) is 2.66. The number of carbonyl (C=O) groups is 1.